The topological polar surface area (TPSA) is 0 Å². The quantitative estimate of drug-likeness (QED) is 0.411. The molecular weight excluding hydrogens is 271 g/mol. The minimum absolute atomic E-state index is 1.29. The van der Waals surface area contributed by atoms with Crippen molar-refractivity contribution in [2.24, 2.45) is 0 Å². The molecule has 0 aliphatic carbocycles. The summed E-state index contributed by atoms with van der Waals surface area (Å²) in [6, 6.07) is 0. The molecule has 0 rings (SSSR count). The van der Waals surface area contributed by atoms with Gasteiger partial charge in [0.1, 0.15) is 0 Å². The van der Waals surface area contributed by atoms with Crippen molar-refractivity contribution < 1.29 is 0 Å². The molecule has 0 saturated carbocycles. The largest absolute Gasteiger partial charge is 0.0752 e. The van der Waals surface area contributed by atoms with Gasteiger partial charge in [0.2, 0.25) is 0 Å². The molecule has 0 atom stereocenters. The average Bonchev–Trinajstić information content (AvgIpc) is 2.13. The van der Waals surface area contributed by atoms with Gasteiger partial charge < -0.3 is 0 Å². The van der Waals surface area contributed by atoms with Gasteiger partial charge in [0.15, 0.2) is 0 Å². The van der Waals surface area contributed by atoms with Crippen LogP contribution in [0.25, 0.3) is 0 Å². The zero-order valence-electron chi connectivity index (χ0n) is 9.11. The molecule has 78 valence electrons. The van der Waals surface area contributed by atoms with Gasteiger partial charge in [0, 0.05) is 0 Å². The first kappa shape index (κ1) is 13.5. The first-order valence-electron chi connectivity index (χ1n) is 5.65. The molecule has 0 aromatic heterocycles. The Morgan fingerprint density at radius 1 is 1.00 bits per heavy atom. The highest BCUT2D eigenvalue weighted by Crippen LogP contribution is 2.17. The molecule has 0 aliphatic rings. The van der Waals surface area contributed by atoms with E-state index in [9.17, 15) is 0 Å². The minimum atomic E-state index is 1.29. The van der Waals surface area contributed by atoms with Crippen molar-refractivity contribution in [1.82, 2.24) is 0 Å². The summed E-state index contributed by atoms with van der Waals surface area (Å²) in [5.74, 6) is 0. The molecular formula is C12H23I. The van der Waals surface area contributed by atoms with Gasteiger partial charge in [-0.1, -0.05) is 45.6 Å². The lowest BCUT2D eigenvalue weighted by atomic mass is 10.1. The van der Waals surface area contributed by atoms with E-state index >= 15 is 0 Å². The Kier molecular flexibility index (Phi) is 10.9. The van der Waals surface area contributed by atoms with Crippen LogP contribution in [-0.4, -0.2) is 0 Å². The van der Waals surface area contributed by atoms with Gasteiger partial charge in [-0.2, -0.15) is 0 Å². The van der Waals surface area contributed by atoms with Crippen molar-refractivity contribution in [3.8, 4) is 0 Å². The van der Waals surface area contributed by atoms with Crippen molar-refractivity contribution >= 4 is 22.6 Å². The van der Waals surface area contributed by atoms with Gasteiger partial charge in [0.05, 0.1) is 0 Å². The molecule has 0 saturated heterocycles. The van der Waals surface area contributed by atoms with E-state index in [1.54, 1.807) is 3.58 Å². The highest BCUT2D eigenvalue weighted by atomic mass is 127. The highest BCUT2D eigenvalue weighted by molar-refractivity contribution is 14.1. The van der Waals surface area contributed by atoms with Crippen LogP contribution in [0.2, 0.25) is 0 Å². The van der Waals surface area contributed by atoms with Crippen LogP contribution in [0.4, 0.5) is 0 Å². The van der Waals surface area contributed by atoms with E-state index in [4.69, 9.17) is 0 Å². The van der Waals surface area contributed by atoms with Crippen LogP contribution in [0.3, 0.4) is 0 Å². The SMILES string of the molecule is CCCCC/C=C(\I)CCCCC. The van der Waals surface area contributed by atoms with Gasteiger partial charge in [0.25, 0.3) is 0 Å². The second kappa shape index (κ2) is 10.6. The first-order valence-corrected chi connectivity index (χ1v) is 6.73. The third kappa shape index (κ3) is 10.4. The second-order valence-corrected chi connectivity index (χ2v) is 4.99. The van der Waals surface area contributed by atoms with Crippen LogP contribution in [-0.2, 0) is 0 Å². The summed E-state index contributed by atoms with van der Waals surface area (Å²) in [5.41, 5.74) is 0. The molecule has 0 fully saturated rings. The van der Waals surface area contributed by atoms with Gasteiger partial charge in [-0.3, -0.25) is 0 Å². The zero-order valence-corrected chi connectivity index (χ0v) is 11.3. The Bertz CT molecular complexity index is 127. The number of hydrogen-bond donors (Lipinski definition) is 0. The van der Waals surface area contributed by atoms with Crippen molar-refractivity contribution in [3.63, 3.8) is 0 Å². The lowest BCUT2D eigenvalue weighted by Crippen LogP contribution is -1.77. The smallest absolute Gasteiger partial charge is 0.0134 e. The highest BCUT2D eigenvalue weighted by Gasteiger charge is 1.91. The second-order valence-electron chi connectivity index (χ2n) is 3.60. The summed E-state index contributed by atoms with van der Waals surface area (Å²) < 4.78 is 1.57. The number of unbranched alkanes of at least 4 members (excludes halogenated alkanes) is 5. The zero-order chi connectivity index (χ0) is 9.94. The van der Waals surface area contributed by atoms with Crippen molar-refractivity contribution in [2.45, 2.75) is 65.2 Å². The molecule has 0 aliphatic heterocycles. The first-order chi connectivity index (χ1) is 6.31. The summed E-state index contributed by atoms with van der Waals surface area (Å²) in [6.45, 7) is 4.52. The lowest BCUT2D eigenvalue weighted by Gasteiger charge is -1.98. The van der Waals surface area contributed by atoms with Crippen molar-refractivity contribution in [3.05, 3.63) is 9.66 Å². The van der Waals surface area contributed by atoms with Crippen molar-refractivity contribution in [1.29, 1.82) is 0 Å². The maximum absolute atomic E-state index is 2.49. The monoisotopic (exact) mass is 294 g/mol. The van der Waals surface area contributed by atoms with Gasteiger partial charge in [-0.25, -0.2) is 0 Å². The van der Waals surface area contributed by atoms with Crippen LogP contribution in [0.1, 0.15) is 65.2 Å². The molecule has 13 heavy (non-hydrogen) atoms. The van der Waals surface area contributed by atoms with Crippen LogP contribution in [0.5, 0.6) is 0 Å². The van der Waals surface area contributed by atoms with Crippen molar-refractivity contribution in [2.75, 3.05) is 0 Å². The standard InChI is InChI=1S/C12H23I/c1-3-5-7-9-11-12(13)10-8-6-4-2/h11H,3-10H2,1-2H3/b12-11-. The van der Waals surface area contributed by atoms with E-state index in [0.717, 1.165) is 0 Å². The van der Waals surface area contributed by atoms with Gasteiger partial charge in [-0.05, 0) is 51.9 Å². The van der Waals surface area contributed by atoms with E-state index in [0.29, 0.717) is 0 Å². The van der Waals surface area contributed by atoms with Crippen LogP contribution < -0.4 is 0 Å². The van der Waals surface area contributed by atoms with E-state index < -0.39 is 0 Å². The molecule has 0 nitrogen and oxygen atoms in total. The van der Waals surface area contributed by atoms with E-state index in [-0.39, 0.29) is 0 Å². The summed E-state index contributed by atoms with van der Waals surface area (Å²) in [6.07, 6.45) is 13.2. The predicted molar refractivity (Wildman–Crippen MR) is 70.4 cm³/mol. The summed E-state index contributed by atoms with van der Waals surface area (Å²) >= 11 is 2.49. The maximum atomic E-state index is 2.49. The predicted octanol–water partition coefficient (Wildman–Crippen LogP) is 5.47. The third-order valence-electron chi connectivity index (χ3n) is 2.19. The fourth-order valence-electron chi connectivity index (χ4n) is 1.30. The molecule has 0 bridgehead atoms. The molecule has 0 heterocycles. The van der Waals surface area contributed by atoms with Gasteiger partial charge >= 0.3 is 0 Å². The van der Waals surface area contributed by atoms with Crippen LogP contribution >= 0.6 is 22.6 Å². The number of rotatable bonds is 8. The van der Waals surface area contributed by atoms with Crippen LogP contribution in [0, 0.1) is 0 Å². The lowest BCUT2D eigenvalue weighted by molar-refractivity contribution is 0.714. The normalized spacial score (nSPS) is 12.1. The van der Waals surface area contributed by atoms with Crippen LogP contribution in [0.15, 0.2) is 9.66 Å². The summed E-state index contributed by atoms with van der Waals surface area (Å²) in [4.78, 5) is 0. The third-order valence-corrected chi connectivity index (χ3v) is 3.17. The fraction of sp³-hybridized carbons (Fsp3) is 0.833. The Morgan fingerprint density at radius 3 is 2.23 bits per heavy atom. The molecule has 0 spiro atoms. The summed E-state index contributed by atoms with van der Waals surface area (Å²) in [7, 11) is 0. The van der Waals surface area contributed by atoms with E-state index in [1.165, 1.54) is 51.4 Å². The molecule has 0 N–H and O–H groups in total. The van der Waals surface area contributed by atoms with Gasteiger partial charge in [-0.15, -0.1) is 0 Å². The Hall–Kier alpha value is 0.470. The summed E-state index contributed by atoms with van der Waals surface area (Å²) in [5, 5.41) is 0. The van der Waals surface area contributed by atoms with E-state index in [2.05, 4.69) is 42.5 Å². The molecule has 1 heteroatoms. The van der Waals surface area contributed by atoms with E-state index in [1.807, 2.05) is 0 Å². The Morgan fingerprint density at radius 2 is 1.62 bits per heavy atom. The number of allylic oxidation sites excluding steroid dienone is 2. The minimum Gasteiger partial charge on any atom is -0.0752 e. The molecule has 0 aromatic rings. The number of halogens is 1. The fourth-order valence-corrected chi connectivity index (χ4v) is 1.99. The molecule has 0 radical (unpaired) electrons. The molecule has 0 unspecified atom stereocenters. The Labute approximate surface area is 97.3 Å². The molecule has 0 aromatic carbocycles. The maximum Gasteiger partial charge on any atom is -0.0134 e. The number of hydrogen-bond acceptors (Lipinski definition) is 0. The average molecular weight is 294 g/mol. The molecule has 0 amide bonds. The Balaban J connectivity index is 3.29.